The van der Waals surface area contributed by atoms with E-state index in [0.29, 0.717) is 12.1 Å². The van der Waals surface area contributed by atoms with Crippen molar-refractivity contribution in [1.29, 1.82) is 0 Å². The minimum Gasteiger partial charge on any atom is -0.481 e. The molecule has 0 radical (unpaired) electrons. The molecular formula is C17H19NO4. The number of anilines is 1. The lowest BCUT2D eigenvalue weighted by molar-refractivity contribution is -0.147. The van der Waals surface area contributed by atoms with E-state index < -0.39 is 17.8 Å². The Bertz CT molecular complexity index is 639. The summed E-state index contributed by atoms with van der Waals surface area (Å²) in [4.78, 5) is 24.1. The molecule has 2 bridgehead atoms. The van der Waals surface area contributed by atoms with Gasteiger partial charge < -0.3 is 15.2 Å². The molecule has 4 atom stereocenters. The number of aliphatic carboxylic acids is 1. The fourth-order valence-electron chi connectivity index (χ4n) is 3.50. The number of carbonyl (C=O) groups is 2. The van der Waals surface area contributed by atoms with Gasteiger partial charge in [0.05, 0.1) is 24.0 Å². The highest BCUT2D eigenvalue weighted by atomic mass is 16.5. The van der Waals surface area contributed by atoms with Crippen LogP contribution in [0.2, 0.25) is 0 Å². The number of nitrogens with one attached hydrogen (secondary N) is 1. The van der Waals surface area contributed by atoms with Gasteiger partial charge in [0.15, 0.2) is 0 Å². The number of carboxylic acids is 1. The van der Waals surface area contributed by atoms with Crippen LogP contribution in [0.5, 0.6) is 0 Å². The number of allylic oxidation sites excluding steroid dienone is 1. The first-order valence-corrected chi connectivity index (χ1v) is 7.43. The number of fused-ring (bicyclic) bond motifs is 2. The van der Waals surface area contributed by atoms with E-state index in [0.717, 1.165) is 17.6 Å². The van der Waals surface area contributed by atoms with Crippen LogP contribution in [-0.4, -0.2) is 29.2 Å². The number of carboxylic acid groups (broad SMARTS) is 1. The van der Waals surface area contributed by atoms with Gasteiger partial charge in [-0.2, -0.15) is 0 Å². The van der Waals surface area contributed by atoms with Crippen LogP contribution in [0.25, 0.3) is 5.57 Å². The van der Waals surface area contributed by atoms with Crippen LogP contribution in [0.15, 0.2) is 30.8 Å². The van der Waals surface area contributed by atoms with Crippen molar-refractivity contribution in [3.05, 3.63) is 36.4 Å². The molecule has 0 aliphatic carbocycles. The van der Waals surface area contributed by atoms with E-state index in [-0.39, 0.29) is 18.1 Å². The van der Waals surface area contributed by atoms with Crippen LogP contribution < -0.4 is 5.32 Å². The second-order valence-corrected chi connectivity index (χ2v) is 6.00. The van der Waals surface area contributed by atoms with Gasteiger partial charge >= 0.3 is 5.97 Å². The van der Waals surface area contributed by atoms with Crippen LogP contribution in [0.1, 0.15) is 25.3 Å². The molecule has 2 saturated heterocycles. The van der Waals surface area contributed by atoms with E-state index >= 15 is 0 Å². The van der Waals surface area contributed by atoms with Crippen LogP contribution in [0, 0.1) is 11.8 Å². The topological polar surface area (TPSA) is 75.6 Å². The average molecular weight is 301 g/mol. The Balaban J connectivity index is 1.83. The van der Waals surface area contributed by atoms with Crippen LogP contribution >= 0.6 is 0 Å². The molecule has 2 aliphatic rings. The van der Waals surface area contributed by atoms with Gasteiger partial charge in [-0.15, -0.1) is 0 Å². The van der Waals surface area contributed by atoms with Gasteiger partial charge in [-0.3, -0.25) is 9.59 Å². The van der Waals surface area contributed by atoms with Gasteiger partial charge in [-0.1, -0.05) is 24.8 Å². The van der Waals surface area contributed by atoms with E-state index in [1.807, 2.05) is 25.1 Å². The Morgan fingerprint density at radius 2 is 1.86 bits per heavy atom. The molecule has 2 unspecified atom stereocenters. The number of para-hydroxylation sites is 1. The third-order valence-corrected chi connectivity index (χ3v) is 4.51. The van der Waals surface area contributed by atoms with E-state index in [4.69, 9.17) is 4.74 Å². The van der Waals surface area contributed by atoms with Crippen LogP contribution in [-0.2, 0) is 14.3 Å². The standard InChI is InChI=1S/C17H19NO4/c1-9(2)10-5-3-4-6-11(10)18-16(19)14-12-7-8-13(22-12)15(14)17(20)21/h3-6,12-15H,1,7-8H2,2H3,(H,18,19)(H,20,21)/t12-,13+,14?,15?/m1/s1. The minimum absolute atomic E-state index is 0.284. The summed E-state index contributed by atoms with van der Waals surface area (Å²) in [6, 6.07) is 7.38. The van der Waals surface area contributed by atoms with Gasteiger partial charge in [0.25, 0.3) is 0 Å². The summed E-state index contributed by atoms with van der Waals surface area (Å²) in [5, 5.41) is 12.2. The number of hydrogen-bond donors (Lipinski definition) is 2. The smallest absolute Gasteiger partial charge is 0.310 e. The SMILES string of the molecule is C=C(C)c1ccccc1NC(=O)C1C(C(=O)O)[C@@H]2CC[C@H]1O2. The first-order valence-electron chi connectivity index (χ1n) is 7.43. The molecule has 1 amide bonds. The molecule has 0 spiro atoms. The fraction of sp³-hybridized carbons (Fsp3) is 0.412. The summed E-state index contributed by atoms with van der Waals surface area (Å²) >= 11 is 0. The summed E-state index contributed by atoms with van der Waals surface area (Å²) in [6.45, 7) is 5.77. The highest BCUT2D eigenvalue weighted by Gasteiger charge is 2.55. The number of rotatable bonds is 4. The molecule has 2 heterocycles. The Labute approximate surface area is 129 Å². The number of amides is 1. The van der Waals surface area contributed by atoms with E-state index in [2.05, 4.69) is 11.9 Å². The van der Waals surface area contributed by atoms with Crippen molar-refractivity contribution in [3.8, 4) is 0 Å². The maximum absolute atomic E-state index is 12.6. The number of hydrogen-bond acceptors (Lipinski definition) is 3. The predicted molar refractivity (Wildman–Crippen MR) is 82.3 cm³/mol. The van der Waals surface area contributed by atoms with Gasteiger partial charge in [0.1, 0.15) is 0 Å². The number of benzene rings is 1. The maximum Gasteiger partial charge on any atom is 0.310 e. The predicted octanol–water partition coefficient (Wildman–Crippen LogP) is 2.54. The summed E-state index contributed by atoms with van der Waals surface area (Å²) < 4.78 is 5.64. The molecule has 3 rings (SSSR count). The van der Waals surface area contributed by atoms with Crippen LogP contribution in [0.4, 0.5) is 5.69 Å². The van der Waals surface area contributed by atoms with Gasteiger partial charge in [0.2, 0.25) is 5.91 Å². The van der Waals surface area contributed by atoms with Crippen LogP contribution in [0.3, 0.4) is 0 Å². The van der Waals surface area contributed by atoms with E-state index in [9.17, 15) is 14.7 Å². The van der Waals surface area contributed by atoms with E-state index in [1.54, 1.807) is 6.07 Å². The molecule has 5 nitrogen and oxygen atoms in total. The monoisotopic (exact) mass is 301 g/mol. The molecule has 2 aliphatic heterocycles. The lowest BCUT2D eigenvalue weighted by Gasteiger charge is -2.24. The molecule has 116 valence electrons. The summed E-state index contributed by atoms with van der Waals surface area (Å²) in [7, 11) is 0. The lowest BCUT2D eigenvalue weighted by Crippen LogP contribution is -2.41. The van der Waals surface area contributed by atoms with Gasteiger partial charge in [-0.05, 0) is 31.4 Å². The van der Waals surface area contributed by atoms with Crippen molar-refractivity contribution >= 4 is 23.1 Å². The largest absolute Gasteiger partial charge is 0.481 e. The molecule has 1 aromatic carbocycles. The normalized spacial score (nSPS) is 29.3. The zero-order valence-corrected chi connectivity index (χ0v) is 12.4. The molecular weight excluding hydrogens is 282 g/mol. The Morgan fingerprint density at radius 1 is 1.23 bits per heavy atom. The molecule has 0 aromatic heterocycles. The van der Waals surface area contributed by atoms with Crippen molar-refractivity contribution in [2.75, 3.05) is 5.32 Å². The molecule has 1 aromatic rings. The van der Waals surface area contributed by atoms with Crippen molar-refractivity contribution in [1.82, 2.24) is 0 Å². The number of ether oxygens (including phenoxy) is 1. The first kappa shape index (κ1) is 14.8. The molecule has 2 fully saturated rings. The lowest BCUT2D eigenvalue weighted by atomic mass is 9.78. The zero-order valence-electron chi connectivity index (χ0n) is 12.4. The maximum atomic E-state index is 12.6. The summed E-state index contributed by atoms with van der Waals surface area (Å²) in [5.41, 5.74) is 2.36. The van der Waals surface area contributed by atoms with E-state index in [1.165, 1.54) is 0 Å². The molecule has 5 heteroatoms. The highest BCUT2D eigenvalue weighted by molar-refractivity contribution is 5.98. The second-order valence-electron chi connectivity index (χ2n) is 6.00. The van der Waals surface area contributed by atoms with Crippen molar-refractivity contribution in [2.24, 2.45) is 11.8 Å². The quantitative estimate of drug-likeness (QED) is 0.896. The Kier molecular flexibility index (Phi) is 3.74. The van der Waals surface area contributed by atoms with Crippen molar-refractivity contribution in [2.45, 2.75) is 32.0 Å². The fourth-order valence-corrected chi connectivity index (χ4v) is 3.50. The van der Waals surface area contributed by atoms with Crippen molar-refractivity contribution < 1.29 is 19.4 Å². The molecule has 22 heavy (non-hydrogen) atoms. The van der Waals surface area contributed by atoms with Crippen molar-refractivity contribution in [3.63, 3.8) is 0 Å². The zero-order chi connectivity index (χ0) is 15.9. The minimum atomic E-state index is -0.958. The second kappa shape index (κ2) is 5.57. The number of carbonyl (C=O) groups excluding carboxylic acids is 1. The van der Waals surface area contributed by atoms with Gasteiger partial charge in [0, 0.05) is 11.3 Å². The molecule has 2 N–H and O–H groups in total. The van der Waals surface area contributed by atoms with Gasteiger partial charge in [-0.25, -0.2) is 0 Å². The first-order chi connectivity index (χ1) is 10.5. The third kappa shape index (κ3) is 2.41. The molecule has 0 saturated carbocycles. The summed E-state index contributed by atoms with van der Waals surface area (Å²) in [6.07, 6.45) is 0.834. The average Bonchev–Trinajstić information content (AvgIpc) is 3.08. The Morgan fingerprint density at radius 3 is 2.50 bits per heavy atom. The Hall–Kier alpha value is -2.14. The summed E-state index contributed by atoms with van der Waals surface area (Å²) in [5.74, 6) is -2.63. The highest BCUT2D eigenvalue weighted by Crippen LogP contribution is 2.44. The third-order valence-electron chi connectivity index (χ3n) is 4.51.